The third kappa shape index (κ3) is 10.4. The minimum absolute atomic E-state index is 0.0654. The van der Waals surface area contributed by atoms with Crippen molar-refractivity contribution in [1.82, 2.24) is 39.9 Å². The molecule has 8 aliphatic heterocycles. The van der Waals surface area contributed by atoms with Gasteiger partial charge in [0.2, 0.25) is 0 Å². The molecular weight excluding hydrogens is 1190 g/mol. The molecule has 2 unspecified atom stereocenters. The Morgan fingerprint density at radius 2 is 0.713 bits per heavy atom. The van der Waals surface area contributed by atoms with E-state index in [0.29, 0.717) is 119 Å². The summed E-state index contributed by atoms with van der Waals surface area (Å²) in [5.74, 6) is -4.52. The van der Waals surface area contributed by atoms with Gasteiger partial charge in [0.25, 0.3) is 59.1 Å². The molecule has 2 fully saturated rings. The van der Waals surface area contributed by atoms with Crippen LogP contribution < -0.4 is 0 Å². The third-order valence-electron chi connectivity index (χ3n) is 20.4. The van der Waals surface area contributed by atoms with E-state index in [0.717, 1.165) is 105 Å². The first kappa shape index (κ1) is 65.1. The summed E-state index contributed by atoms with van der Waals surface area (Å²) in [5, 5.41) is 10.8. The van der Waals surface area contributed by atoms with Gasteiger partial charge in [-0.15, -0.1) is 0 Å². The molecule has 14 rings (SSSR count). The smallest absolute Gasteiger partial charge is 0.277 e. The van der Waals surface area contributed by atoms with Crippen LogP contribution in [-0.2, 0) is 0 Å². The van der Waals surface area contributed by atoms with Crippen LogP contribution in [0.2, 0.25) is 0 Å². The Kier molecular flexibility index (Phi) is 17.8. The molecule has 2 atom stereocenters. The fourth-order valence-electron chi connectivity index (χ4n) is 15.4. The molecule has 0 aliphatic carbocycles. The van der Waals surface area contributed by atoms with Crippen molar-refractivity contribution in [2.75, 3.05) is 54.9 Å². The molecule has 21 heteroatoms. The average molecular weight is 1280 g/mol. The van der Waals surface area contributed by atoms with Crippen molar-refractivity contribution < 1.29 is 62.0 Å². The van der Waals surface area contributed by atoms with E-state index < -0.39 is 35.4 Å². The number of carbonyl (C=O) groups excluding carboxylic acids is 12. The molecule has 6 aromatic rings. The molecule has 8 heterocycles. The van der Waals surface area contributed by atoms with E-state index in [1.54, 1.807) is 76.7 Å². The van der Waals surface area contributed by atoms with E-state index in [9.17, 15) is 57.5 Å². The van der Waals surface area contributed by atoms with E-state index in [-0.39, 0.29) is 52.0 Å². The number of nitrogens with zero attached hydrogens (tertiary/aromatic N) is 9. The molecule has 8 aliphatic rings. The van der Waals surface area contributed by atoms with Crippen molar-refractivity contribution in [1.29, 1.82) is 0 Å². The van der Waals surface area contributed by atoms with E-state index >= 15 is 0 Å². The minimum atomic E-state index is -0.472. The topological polar surface area (TPSA) is 231 Å². The highest BCUT2D eigenvalue weighted by molar-refractivity contribution is 6.35. The standard InChI is InChI=1S/C32H40N3O4.C24H27N3O4.C17H13N3O4/c1-21-13-9-5-3-7-11-19-33(21)34-29(36)23-15-17-25-28-26(18-16-24(27(23)28)30(34)37)32(39)35(31(25)38)20-12-8-4-6-10-14-22(35)2;1-4-5-6-7-8-9-14-26-21(28)15-10-12-17-20-18(13-11-16(19(15)20)22(26)29)24(31)27(23(17)30)25(2)3;1-18(2)20-16(23)10-6-4-8-12-9(15(22)19(3)14(8)21)5-7-11(13(10)12)17(20)24/h15-18,21-22H,3-14,19-20H2,1-2H3;10-13H,4-9,14H2,1-3H3;4-7H,1-3H3/q+1;;. The third-order valence-corrected chi connectivity index (χ3v) is 20.4. The number of hydrazine groups is 3. The van der Waals surface area contributed by atoms with Gasteiger partial charge in [-0.05, 0) is 125 Å². The van der Waals surface area contributed by atoms with Gasteiger partial charge in [0.1, 0.15) is 6.04 Å². The van der Waals surface area contributed by atoms with Crippen LogP contribution in [0.5, 0.6) is 0 Å². The summed E-state index contributed by atoms with van der Waals surface area (Å²) < 4.78 is -0.180. The highest BCUT2D eigenvalue weighted by Gasteiger charge is 2.55. The molecule has 0 aromatic heterocycles. The maximum absolute atomic E-state index is 14.3. The Morgan fingerprint density at radius 1 is 0.383 bits per heavy atom. The van der Waals surface area contributed by atoms with Crippen molar-refractivity contribution in [3.05, 3.63) is 140 Å². The van der Waals surface area contributed by atoms with Crippen LogP contribution in [0, 0.1) is 0 Å². The van der Waals surface area contributed by atoms with Crippen molar-refractivity contribution in [3.63, 3.8) is 0 Å². The molecule has 0 N–H and O–H groups in total. The highest BCUT2D eigenvalue weighted by atomic mass is 16.2. The van der Waals surface area contributed by atoms with Crippen LogP contribution in [0.15, 0.2) is 72.8 Å². The van der Waals surface area contributed by atoms with Gasteiger partial charge in [0, 0.05) is 115 Å². The SMILES string of the molecule is CC1CCCCCCCN1N1C(=O)c2ccc3c4c(ccc(c24)C1=O)C(=O)[N+]1(CCCCCCCC1C)C3=O.CCCCCCCCN1C(=O)c2ccc3c4c(ccc(c24)C1=O)C(=O)N(N(C)C)C3=O.CN1C(=O)c2ccc3c4c(ccc(c24)C1=O)C(=O)N(N(C)C)C3=O. The highest BCUT2D eigenvalue weighted by Crippen LogP contribution is 2.45. The van der Waals surface area contributed by atoms with Gasteiger partial charge < -0.3 is 0 Å². The van der Waals surface area contributed by atoms with E-state index in [1.807, 2.05) is 11.9 Å². The molecular formula is C73H80N9O12+. The molecule has 488 valence electrons. The lowest BCUT2D eigenvalue weighted by Crippen LogP contribution is -2.64. The first-order valence-corrected chi connectivity index (χ1v) is 33.3. The lowest BCUT2D eigenvalue weighted by Gasteiger charge is -2.42. The summed E-state index contributed by atoms with van der Waals surface area (Å²) in [4.78, 5) is 161. The number of quaternary nitrogens is 1. The maximum atomic E-state index is 14.3. The second-order valence-corrected chi connectivity index (χ2v) is 26.6. The number of imide groups is 6. The molecule has 21 nitrogen and oxygen atoms in total. The van der Waals surface area contributed by atoms with Crippen molar-refractivity contribution in [2.45, 2.75) is 148 Å². The summed E-state index contributed by atoms with van der Waals surface area (Å²) in [7, 11) is 7.86. The number of carbonyl (C=O) groups is 12. The largest absolute Gasteiger partial charge is 0.354 e. The fraction of sp³-hybridized carbons (Fsp3) is 0.425. The summed E-state index contributed by atoms with van der Waals surface area (Å²) in [6.07, 6.45) is 18.7. The second kappa shape index (κ2) is 25.7. The number of benzene rings is 6. The summed E-state index contributed by atoms with van der Waals surface area (Å²) in [6, 6.07) is 19.4. The number of unbranched alkanes of at least 4 members (excludes halogenated alkanes) is 5. The average Bonchev–Trinajstić information content (AvgIpc) is 0.730. The normalized spacial score (nSPS) is 20.4. The van der Waals surface area contributed by atoms with Crippen molar-refractivity contribution in [3.8, 4) is 0 Å². The summed E-state index contributed by atoms with van der Waals surface area (Å²) >= 11 is 0. The van der Waals surface area contributed by atoms with Gasteiger partial charge >= 0.3 is 11.8 Å². The van der Waals surface area contributed by atoms with Crippen LogP contribution >= 0.6 is 0 Å². The fourth-order valence-corrected chi connectivity index (χ4v) is 15.4. The number of hydrogen-bond donors (Lipinski definition) is 0. The molecule has 94 heavy (non-hydrogen) atoms. The molecule has 0 saturated carbocycles. The van der Waals surface area contributed by atoms with Gasteiger partial charge in [-0.2, -0.15) is 4.48 Å². The zero-order chi connectivity index (χ0) is 66.9. The van der Waals surface area contributed by atoms with E-state index in [1.165, 1.54) is 76.9 Å². The van der Waals surface area contributed by atoms with Crippen LogP contribution in [0.4, 0.5) is 0 Å². The minimum Gasteiger partial charge on any atom is -0.277 e. The first-order chi connectivity index (χ1) is 45.1. The number of amides is 12. The molecule has 2 saturated heterocycles. The van der Waals surface area contributed by atoms with Gasteiger partial charge in [-0.1, -0.05) is 77.6 Å². The number of rotatable bonds is 10. The monoisotopic (exact) mass is 1270 g/mol. The molecule has 12 amide bonds. The Morgan fingerprint density at radius 3 is 1.14 bits per heavy atom. The van der Waals surface area contributed by atoms with E-state index in [4.69, 9.17) is 0 Å². The number of hydrogen-bond acceptors (Lipinski definition) is 15. The van der Waals surface area contributed by atoms with Gasteiger partial charge in [-0.3, -0.25) is 57.7 Å². The van der Waals surface area contributed by atoms with Crippen LogP contribution in [0.1, 0.15) is 261 Å². The van der Waals surface area contributed by atoms with Gasteiger partial charge in [0.15, 0.2) is 0 Å². The Labute approximate surface area is 545 Å². The zero-order valence-corrected chi connectivity index (χ0v) is 54.9. The Balaban J connectivity index is 0.000000139. The van der Waals surface area contributed by atoms with Crippen LogP contribution in [0.25, 0.3) is 32.3 Å². The lowest BCUT2D eigenvalue weighted by atomic mass is 9.84. The summed E-state index contributed by atoms with van der Waals surface area (Å²) in [6.45, 7) is 7.82. The Hall–Kier alpha value is -9.02. The molecule has 6 aromatic carbocycles. The zero-order valence-electron chi connectivity index (χ0n) is 54.9. The van der Waals surface area contributed by atoms with E-state index in [2.05, 4.69) is 13.8 Å². The second-order valence-electron chi connectivity index (χ2n) is 26.6. The molecule has 0 bridgehead atoms. The van der Waals surface area contributed by atoms with Gasteiger partial charge in [-0.25, -0.2) is 39.6 Å². The lowest BCUT2D eigenvalue weighted by molar-refractivity contribution is -0.793. The van der Waals surface area contributed by atoms with Crippen LogP contribution in [-0.4, -0.2) is 182 Å². The van der Waals surface area contributed by atoms with Crippen molar-refractivity contribution >= 4 is 103 Å². The Bertz CT molecular complexity index is 4110. The maximum Gasteiger partial charge on any atom is 0.354 e. The first-order valence-electron chi connectivity index (χ1n) is 33.3. The predicted octanol–water partition coefficient (Wildman–Crippen LogP) is 11.3. The quantitative estimate of drug-likeness (QED) is 0.0705. The summed E-state index contributed by atoms with van der Waals surface area (Å²) in [5.41, 5.74) is 4.44. The van der Waals surface area contributed by atoms with Crippen LogP contribution in [0.3, 0.4) is 0 Å². The van der Waals surface area contributed by atoms with Crippen molar-refractivity contribution in [2.24, 2.45) is 0 Å². The van der Waals surface area contributed by atoms with Gasteiger partial charge in [0.05, 0.1) is 51.1 Å². The predicted molar refractivity (Wildman–Crippen MR) is 351 cm³/mol. The molecule has 1 spiro atoms. The molecule has 0 radical (unpaired) electrons.